The first kappa shape index (κ1) is 16.7. The van der Waals surface area contributed by atoms with Crippen LogP contribution in [0.5, 0.6) is 0 Å². The first-order chi connectivity index (χ1) is 13.8. The maximum Gasteiger partial charge on any atom is 0.258 e. The fourth-order valence-electron chi connectivity index (χ4n) is 4.19. The Balaban J connectivity index is 1.66. The maximum absolute atomic E-state index is 13.6. The Morgan fingerprint density at radius 1 is 0.857 bits per heavy atom. The van der Waals surface area contributed by atoms with Gasteiger partial charge in [-0.3, -0.25) is 9.78 Å². The molecule has 1 amide bonds. The maximum atomic E-state index is 13.6. The molecule has 4 aromatic rings. The number of fused-ring (bicyclic) bond motifs is 2. The highest BCUT2D eigenvalue weighted by Crippen LogP contribution is 2.33. The number of carbonyl (C=O) groups excluding carboxylic acids is 1. The molecule has 0 saturated heterocycles. The third kappa shape index (κ3) is 2.85. The van der Waals surface area contributed by atoms with Crippen molar-refractivity contribution in [3.05, 3.63) is 108 Å². The summed E-state index contributed by atoms with van der Waals surface area (Å²) in [6.45, 7) is 0. The Kier molecular flexibility index (Phi) is 4.13. The van der Waals surface area contributed by atoms with Crippen LogP contribution in [-0.2, 0) is 12.8 Å². The fourth-order valence-corrected chi connectivity index (χ4v) is 4.19. The van der Waals surface area contributed by atoms with Crippen molar-refractivity contribution in [2.75, 3.05) is 4.90 Å². The zero-order valence-corrected chi connectivity index (χ0v) is 15.5. The standard InChI is InChI=1S/C25H20N2O/c28-25-22-13-5-4-10-20(22)17-21(16-18-8-2-1-3-9-18)27(25)23-14-6-11-19-12-7-15-26-24(19)23/h1-15,21H,16-17H2/t21-/m1/s1. The van der Waals surface area contributed by atoms with E-state index in [1.165, 1.54) is 5.56 Å². The molecule has 28 heavy (non-hydrogen) atoms. The van der Waals surface area contributed by atoms with Gasteiger partial charge in [-0.15, -0.1) is 0 Å². The van der Waals surface area contributed by atoms with Gasteiger partial charge in [0, 0.05) is 23.2 Å². The smallest absolute Gasteiger partial charge is 0.258 e. The normalized spacial score (nSPS) is 16.2. The minimum atomic E-state index is 0.0532. The molecule has 3 nitrogen and oxygen atoms in total. The van der Waals surface area contributed by atoms with Crippen molar-refractivity contribution in [1.29, 1.82) is 0 Å². The van der Waals surface area contributed by atoms with E-state index in [1.54, 1.807) is 6.20 Å². The summed E-state index contributed by atoms with van der Waals surface area (Å²) >= 11 is 0. The number of carbonyl (C=O) groups is 1. The lowest BCUT2D eigenvalue weighted by molar-refractivity contribution is 0.0967. The average molecular weight is 364 g/mol. The molecule has 0 N–H and O–H groups in total. The summed E-state index contributed by atoms with van der Waals surface area (Å²) in [5.74, 6) is 0.0564. The SMILES string of the molecule is O=C1c2ccccc2C[C@@H](Cc2ccccc2)N1c1cccc2cccnc12. The van der Waals surface area contributed by atoms with E-state index in [9.17, 15) is 4.79 Å². The fraction of sp³-hybridized carbons (Fsp3) is 0.120. The van der Waals surface area contributed by atoms with Crippen LogP contribution >= 0.6 is 0 Å². The summed E-state index contributed by atoms with van der Waals surface area (Å²) in [5.41, 5.74) is 4.91. The number of para-hydroxylation sites is 1. The molecule has 3 aromatic carbocycles. The van der Waals surface area contributed by atoms with Crippen LogP contribution in [0.2, 0.25) is 0 Å². The second-order valence-electron chi connectivity index (χ2n) is 7.23. The van der Waals surface area contributed by atoms with E-state index in [-0.39, 0.29) is 11.9 Å². The molecular weight excluding hydrogens is 344 g/mol. The van der Waals surface area contributed by atoms with Crippen LogP contribution in [0.4, 0.5) is 5.69 Å². The molecule has 1 aliphatic heterocycles. The van der Waals surface area contributed by atoms with Gasteiger partial charge in [-0.1, -0.05) is 66.7 Å². The number of hydrogen-bond acceptors (Lipinski definition) is 2. The van der Waals surface area contributed by atoms with Gasteiger partial charge in [-0.25, -0.2) is 0 Å². The molecule has 0 radical (unpaired) electrons. The molecule has 0 aliphatic carbocycles. The van der Waals surface area contributed by atoms with Crippen molar-refractivity contribution in [2.24, 2.45) is 0 Å². The largest absolute Gasteiger partial charge is 0.302 e. The van der Waals surface area contributed by atoms with Crippen LogP contribution in [0.15, 0.2) is 91.1 Å². The molecule has 3 heteroatoms. The van der Waals surface area contributed by atoms with Crippen molar-refractivity contribution >= 4 is 22.5 Å². The highest BCUT2D eigenvalue weighted by molar-refractivity contribution is 6.12. The summed E-state index contributed by atoms with van der Waals surface area (Å²) in [7, 11) is 0. The topological polar surface area (TPSA) is 33.2 Å². The van der Waals surface area contributed by atoms with Crippen LogP contribution in [0.25, 0.3) is 10.9 Å². The first-order valence-electron chi connectivity index (χ1n) is 9.60. The van der Waals surface area contributed by atoms with Gasteiger partial charge in [0.25, 0.3) is 5.91 Å². The van der Waals surface area contributed by atoms with E-state index in [2.05, 4.69) is 35.3 Å². The first-order valence-corrected chi connectivity index (χ1v) is 9.60. The molecule has 0 unspecified atom stereocenters. The molecule has 0 saturated carbocycles. The van der Waals surface area contributed by atoms with E-state index >= 15 is 0 Å². The number of amides is 1. The Morgan fingerprint density at radius 3 is 2.54 bits per heavy atom. The number of rotatable bonds is 3. The van der Waals surface area contributed by atoms with Crippen LogP contribution in [0, 0.1) is 0 Å². The van der Waals surface area contributed by atoms with E-state index in [0.717, 1.165) is 40.6 Å². The number of benzene rings is 3. The van der Waals surface area contributed by atoms with Crippen LogP contribution < -0.4 is 4.90 Å². The summed E-state index contributed by atoms with van der Waals surface area (Å²) in [4.78, 5) is 20.1. The molecule has 0 fully saturated rings. The third-order valence-electron chi connectivity index (χ3n) is 5.47. The molecule has 0 bridgehead atoms. The molecule has 1 atom stereocenters. The van der Waals surface area contributed by atoms with Crippen LogP contribution in [0.1, 0.15) is 21.5 Å². The van der Waals surface area contributed by atoms with Crippen molar-refractivity contribution in [3.8, 4) is 0 Å². The van der Waals surface area contributed by atoms with Gasteiger partial charge in [0.1, 0.15) is 0 Å². The van der Waals surface area contributed by atoms with Crippen molar-refractivity contribution in [3.63, 3.8) is 0 Å². The number of nitrogens with zero attached hydrogens (tertiary/aromatic N) is 2. The van der Waals surface area contributed by atoms with Gasteiger partial charge in [-0.05, 0) is 42.2 Å². The number of aromatic nitrogens is 1. The highest BCUT2D eigenvalue weighted by atomic mass is 16.2. The van der Waals surface area contributed by atoms with Gasteiger partial charge < -0.3 is 4.90 Å². The van der Waals surface area contributed by atoms with Gasteiger partial charge in [0.05, 0.1) is 11.2 Å². The quantitative estimate of drug-likeness (QED) is 0.510. The van der Waals surface area contributed by atoms with E-state index < -0.39 is 0 Å². The third-order valence-corrected chi connectivity index (χ3v) is 5.47. The molecular formula is C25H20N2O. The molecule has 1 aliphatic rings. The van der Waals surface area contributed by atoms with E-state index in [0.29, 0.717) is 0 Å². The van der Waals surface area contributed by atoms with Gasteiger partial charge in [0.2, 0.25) is 0 Å². The van der Waals surface area contributed by atoms with E-state index in [4.69, 9.17) is 0 Å². The minimum Gasteiger partial charge on any atom is -0.302 e. The Labute approximate surface area is 164 Å². The Morgan fingerprint density at radius 2 is 1.64 bits per heavy atom. The highest BCUT2D eigenvalue weighted by Gasteiger charge is 2.34. The van der Waals surface area contributed by atoms with Gasteiger partial charge in [-0.2, -0.15) is 0 Å². The lowest BCUT2D eigenvalue weighted by atomic mass is 9.89. The Bertz CT molecular complexity index is 1150. The predicted molar refractivity (Wildman–Crippen MR) is 113 cm³/mol. The summed E-state index contributed by atoms with van der Waals surface area (Å²) in [6.07, 6.45) is 3.44. The summed E-state index contributed by atoms with van der Waals surface area (Å²) < 4.78 is 0. The second-order valence-corrected chi connectivity index (χ2v) is 7.23. The van der Waals surface area contributed by atoms with Crippen molar-refractivity contribution < 1.29 is 4.79 Å². The van der Waals surface area contributed by atoms with Gasteiger partial charge in [0.15, 0.2) is 0 Å². The zero-order valence-electron chi connectivity index (χ0n) is 15.5. The lowest BCUT2D eigenvalue weighted by Gasteiger charge is -2.37. The Hall–Kier alpha value is -3.46. The van der Waals surface area contributed by atoms with E-state index in [1.807, 2.05) is 59.5 Å². The molecule has 5 rings (SSSR count). The number of anilines is 1. The van der Waals surface area contributed by atoms with Crippen molar-refractivity contribution in [1.82, 2.24) is 4.98 Å². The lowest BCUT2D eigenvalue weighted by Crippen LogP contribution is -2.47. The molecule has 136 valence electrons. The minimum absolute atomic E-state index is 0.0532. The summed E-state index contributed by atoms with van der Waals surface area (Å²) in [5, 5.41) is 1.05. The summed E-state index contributed by atoms with van der Waals surface area (Å²) in [6, 6.07) is 28.4. The second kappa shape index (κ2) is 6.93. The van der Waals surface area contributed by atoms with Crippen LogP contribution in [0.3, 0.4) is 0 Å². The van der Waals surface area contributed by atoms with Gasteiger partial charge >= 0.3 is 0 Å². The predicted octanol–water partition coefficient (Wildman–Crippen LogP) is 5.05. The average Bonchev–Trinajstić information content (AvgIpc) is 2.75. The monoisotopic (exact) mass is 364 g/mol. The van der Waals surface area contributed by atoms with Crippen LogP contribution in [-0.4, -0.2) is 16.9 Å². The zero-order chi connectivity index (χ0) is 18.9. The molecule has 1 aromatic heterocycles. The number of pyridine rings is 1. The van der Waals surface area contributed by atoms with Crippen molar-refractivity contribution in [2.45, 2.75) is 18.9 Å². The number of hydrogen-bond donors (Lipinski definition) is 0. The molecule has 2 heterocycles. The molecule has 0 spiro atoms.